The molecule has 7 heteroatoms. The summed E-state index contributed by atoms with van der Waals surface area (Å²) in [6, 6.07) is 29.5. The molecule has 0 atom stereocenters. The normalized spacial score (nSPS) is 14.3. The van der Waals surface area contributed by atoms with Gasteiger partial charge in [-0.1, -0.05) is 78.2 Å². The van der Waals surface area contributed by atoms with Crippen molar-refractivity contribution < 1.29 is 14.7 Å². The van der Waals surface area contributed by atoms with Gasteiger partial charge < -0.3 is 19.2 Å². The maximum Gasteiger partial charge on any atom is 0.307 e. The fraction of sp³-hybridized carbons (Fsp3) is 0.250. The number of anilines is 2. The van der Waals surface area contributed by atoms with Gasteiger partial charge in [-0.05, 0) is 94.8 Å². The lowest BCUT2D eigenvalue weighted by molar-refractivity contribution is -0.136. The van der Waals surface area contributed by atoms with Crippen LogP contribution in [-0.4, -0.2) is 54.3 Å². The lowest BCUT2D eigenvalue weighted by atomic mass is 9.80. The van der Waals surface area contributed by atoms with E-state index in [-0.39, 0.29) is 12.3 Å². The zero-order chi connectivity index (χ0) is 32.8. The molecule has 0 saturated carbocycles. The van der Waals surface area contributed by atoms with Crippen LogP contribution in [0.15, 0.2) is 84.9 Å². The largest absolute Gasteiger partial charge is 0.481 e. The van der Waals surface area contributed by atoms with Gasteiger partial charge in [-0.2, -0.15) is 0 Å². The number of aryl methyl sites for hydroxylation is 1. The second-order valence-corrected chi connectivity index (χ2v) is 13.5. The molecule has 0 aromatic heterocycles. The van der Waals surface area contributed by atoms with Crippen LogP contribution >= 0.6 is 11.9 Å². The molecule has 1 saturated heterocycles. The highest BCUT2D eigenvalue weighted by Gasteiger charge is 2.32. The van der Waals surface area contributed by atoms with Crippen molar-refractivity contribution in [2.45, 2.75) is 33.7 Å². The summed E-state index contributed by atoms with van der Waals surface area (Å²) in [6.45, 7) is 9.78. The Morgan fingerprint density at radius 1 is 0.787 bits per heavy atom. The molecule has 5 aromatic rings. The number of aliphatic carboxylic acids is 1. The van der Waals surface area contributed by atoms with Crippen LogP contribution in [-0.2, 0) is 17.8 Å². The fourth-order valence-corrected chi connectivity index (χ4v) is 8.04. The number of benzene rings is 5. The molecule has 1 N–H and O–H groups in total. The zero-order valence-electron chi connectivity index (χ0n) is 27.3. The maximum absolute atomic E-state index is 14.0. The molecule has 2 heterocycles. The van der Waals surface area contributed by atoms with E-state index >= 15 is 0 Å². The Balaban J connectivity index is 1.24. The molecule has 0 aliphatic carbocycles. The van der Waals surface area contributed by atoms with E-state index in [1.54, 1.807) is 11.9 Å². The van der Waals surface area contributed by atoms with Gasteiger partial charge in [-0.15, -0.1) is 0 Å². The van der Waals surface area contributed by atoms with Gasteiger partial charge in [-0.3, -0.25) is 9.59 Å². The quantitative estimate of drug-likeness (QED) is 0.188. The first kappa shape index (κ1) is 30.9. The van der Waals surface area contributed by atoms with Crippen LogP contribution in [0.4, 0.5) is 11.4 Å². The summed E-state index contributed by atoms with van der Waals surface area (Å²) < 4.78 is 2.26. The number of hydrogen-bond donors (Lipinski definition) is 1. The van der Waals surface area contributed by atoms with Gasteiger partial charge >= 0.3 is 5.97 Å². The second kappa shape index (κ2) is 12.5. The molecular formula is C40H39N3O3S. The van der Waals surface area contributed by atoms with Gasteiger partial charge in [0.2, 0.25) is 0 Å². The average Bonchev–Trinajstić information content (AvgIpc) is 3.09. The molecule has 0 radical (unpaired) electrons. The molecule has 7 rings (SSSR count). The summed E-state index contributed by atoms with van der Waals surface area (Å²) in [7, 11) is 0. The minimum Gasteiger partial charge on any atom is -0.481 e. The van der Waals surface area contributed by atoms with E-state index in [2.05, 4.69) is 108 Å². The third-order valence-electron chi connectivity index (χ3n) is 9.84. The first-order valence-electron chi connectivity index (χ1n) is 16.2. The van der Waals surface area contributed by atoms with Gasteiger partial charge in [0.1, 0.15) is 0 Å². The van der Waals surface area contributed by atoms with Crippen molar-refractivity contribution in [3.8, 4) is 22.3 Å². The number of carbonyl (C=O) groups excluding carboxylic acids is 1. The Morgan fingerprint density at radius 2 is 1.51 bits per heavy atom. The molecule has 1 amide bonds. The molecule has 1 fully saturated rings. The predicted octanol–water partition coefficient (Wildman–Crippen LogP) is 8.29. The van der Waals surface area contributed by atoms with Crippen molar-refractivity contribution in [2.75, 3.05) is 41.6 Å². The van der Waals surface area contributed by atoms with Crippen LogP contribution < -0.4 is 9.21 Å². The van der Waals surface area contributed by atoms with Crippen LogP contribution in [0.5, 0.6) is 0 Å². The molecule has 0 unspecified atom stereocenters. The maximum atomic E-state index is 14.0. The molecule has 238 valence electrons. The van der Waals surface area contributed by atoms with Crippen LogP contribution in [0.2, 0.25) is 0 Å². The van der Waals surface area contributed by atoms with Crippen LogP contribution in [0.25, 0.3) is 33.0 Å². The van der Waals surface area contributed by atoms with E-state index in [9.17, 15) is 14.7 Å². The first-order valence-corrected chi connectivity index (χ1v) is 17.3. The molecule has 0 bridgehead atoms. The Morgan fingerprint density at radius 3 is 2.21 bits per heavy atom. The average molecular weight is 642 g/mol. The van der Waals surface area contributed by atoms with Gasteiger partial charge in [0.15, 0.2) is 0 Å². The zero-order valence-corrected chi connectivity index (χ0v) is 28.2. The predicted molar refractivity (Wildman–Crippen MR) is 195 cm³/mol. The van der Waals surface area contributed by atoms with Crippen molar-refractivity contribution in [2.24, 2.45) is 0 Å². The SMILES string of the molecule is CSN1Cc2ccc(C(=O)N3CCN(c4ccc5ccccc5c4)CC3)cc2-c2c(C)c(-c3ccc(C)cc3)c(CC(=O)O)c(C)c21. The van der Waals surface area contributed by atoms with E-state index in [0.29, 0.717) is 25.2 Å². The molecule has 47 heavy (non-hydrogen) atoms. The number of carboxylic acid groups (broad SMARTS) is 1. The highest BCUT2D eigenvalue weighted by atomic mass is 32.2. The van der Waals surface area contributed by atoms with Crippen molar-refractivity contribution in [1.29, 1.82) is 0 Å². The Bertz CT molecular complexity index is 2030. The number of carboxylic acids is 1. The summed E-state index contributed by atoms with van der Waals surface area (Å²) in [6.07, 6.45) is 2.01. The van der Waals surface area contributed by atoms with E-state index in [0.717, 1.165) is 68.8 Å². The number of nitrogens with zero attached hydrogens (tertiary/aromatic N) is 3. The number of carbonyl (C=O) groups is 2. The highest BCUT2D eigenvalue weighted by Crippen LogP contribution is 2.50. The van der Waals surface area contributed by atoms with Crippen molar-refractivity contribution in [3.05, 3.63) is 118 Å². The smallest absolute Gasteiger partial charge is 0.307 e. The van der Waals surface area contributed by atoms with Crippen LogP contribution in [0.3, 0.4) is 0 Å². The van der Waals surface area contributed by atoms with E-state index in [1.807, 2.05) is 17.9 Å². The minimum absolute atomic E-state index is 0.0513. The van der Waals surface area contributed by atoms with Gasteiger partial charge in [-0.25, -0.2) is 0 Å². The van der Waals surface area contributed by atoms with Crippen molar-refractivity contribution >= 4 is 46.0 Å². The Labute approximate surface area is 280 Å². The lowest BCUT2D eigenvalue weighted by Gasteiger charge is -2.37. The minimum atomic E-state index is -0.846. The standard InChI is InChI=1S/C40H39N3O3S/c1-25-9-11-29(12-10-25)37-27(3)38-35-22-31(13-14-32(35)24-43(47-4)39(38)26(2)34(37)23-36(44)45)40(46)42-19-17-41(18-20-42)33-16-15-28-7-5-6-8-30(28)21-33/h5-16,21-22H,17-20,23-24H2,1-4H3,(H,44,45). The highest BCUT2D eigenvalue weighted by molar-refractivity contribution is 7.99. The van der Waals surface area contributed by atoms with Gasteiger partial charge in [0.05, 0.1) is 18.7 Å². The Kier molecular flexibility index (Phi) is 8.18. The molecular weight excluding hydrogens is 603 g/mol. The molecule has 0 spiro atoms. The summed E-state index contributed by atoms with van der Waals surface area (Å²) >= 11 is 1.64. The van der Waals surface area contributed by atoms with E-state index in [4.69, 9.17) is 0 Å². The monoisotopic (exact) mass is 641 g/mol. The van der Waals surface area contributed by atoms with Crippen molar-refractivity contribution in [1.82, 2.24) is 4.90 Å². The number of hydrogen-bond acceptors (Lipinski definition) is 5. The molecule has 2 aliphatic heterocycles. The number of piperazine rings is 1. The first-order chi connectivity index (χ1) is 22.7. The van der Waals surface area contributed by atoms with E-state index in [1.165, 1.54) is 16.5 Å². The molecule has 6 nitrogen and oxygen atoms in total. The van der Waals surface area contributed by atoms with Gasteiger partial charge in [0.25, 0.3) is 5.91 Å². The number of rotatable bonds is 6. The molecule has 2 aliphatic rings. The van der Waals surface area contributed by atoms with E-state index < -0.39 is 5.97 Å². The lowest BCUT2D eigenvalue weighted by Crippen LogP contribution is -2.48. The molecule has 5 aromatic carbocycles. The summed E-state index contributed by atoms with van der Waals surface area (Å²) in [5.41, 5.74) is 12.2. The van der Waals surface area contributed by atoms with Crippen molar-refractivity contribution in [3.63, 3.8) is 0 Å². The fourth-order valence-electron chi connectivity index (χ4n) is 7.36. The topological polar surface area (TPSA) is 64.1 Å². The Hall–Kier alpha value is -4.75. The van der Waals surface area contributed by atoms with Gasteiger partial charge in [0, 0.05) is 49.2 Å². The summed E-state index contributed by atoms with van der Waals surface area (Å²) in [5.74, 6) is -0.795. The van der Waals surface area contributed by atoms with Crippen LogP contribution in [0, 0.1) is 20.8 Å². The summed E-state index contributed by atoms with van der Waals surface area (Å²) in [5, 5.41) is 12.4. The van der Waals surface area contributed by atoms with Crippen LogP contribution in [0.1, 0.15) is 38.2 Å². The third kappa shape index (κ3) is 5.63. The summed E-state index contributed by atoms with van der Waals surface area (Å²) in [4.78, 5) is 30.5. The second-order valence-electron chi connectivity index (χ2n) is 12.7. The number of amides is 1. The third-order valence-corrected chi connectivity index (χ3v) is 10.6. The number of fused-ring (bicyclic) bond motifs is 4.